The Bertz CT molecular complexity index is 856. The van der Waals surface area contributed by atoms with Crippen LogP contribution >= 0.6 is 0 Å². The van der Waals surface area contributed by atoms with Crippen LogP contribution in [0, 0.1) is 5.82 Å². The molecule has 2 rings (SSSR count). The fourth-order valence-electron chi connectivity index (χ4n) is 2.38. The van der Waals surface area contributed by atoms with E-state index in [9.17, 15) is 17.6 Å². The summed E-state index contributed by atoms with van der Waals surface area (Å²) >= 11 is 0. The van der Waals surface area contributed by atoms with Gasteiger partial charge < -0.3 is 10.6 Å². The second-order valence-corrected chi connectivity index (χ2v) is 7.70. The van der Waals surface area contributed by atoms with Gasteiger partial charge in [0.1, 0.15) is 5.82 Å². The van der Waals surface area contributed by atoms with Crippen molar-refractivity contribution in [1.29, 1.82) is 0 Å². The van der Waals surface area contributed by atoms with Gasteiger partial charge in [-0.3, -0.25) is 0 Å². The van der Waals surface area contributed by atoms with Crippen LogP contribution in [0.1, 0.15) is 16.7 Å². The highest BCUT2D eigenvalue weighted by molar-refractivity contribution is 7.88. The van der Waals surface area contributed by atoms with E-state index in [1.807, 2.05) is 6.07 Å². The average molecular weight is 379 g/mol. The maximum atomic E-state index is 13.1. The lowest BCUT2D eigenvalue weighted by molar-refractivity contribution is 0.240. The summed E-state index contributed by atoms with van der Waals surface area (Å²) in [5.41, 5.74) is 2.25. The largest absolute Gasteiger partial charge is 0.338 e. The lowest BCUT2D eigenvalue weighted by atomic mass is 10.1. The number of benzene rings is 2. The zero-order chi connectivity index (χ0) is 19.0. The molecule has 140 valence electrons. The highest BCUT2D eigenvalue weighted by Crippen LogP contribution is 2.08. The van der Waals surface area contributed by atoms with E-state index in [-0.39, 0.29) is 24.1 Å². The average Bonchev–Trinajstić information content (AvgIpc) is 2.60. The monoisotopic (exact) mass is 379 g/mol. The van der Waals surface area contributed by atoms with Gasteiger partial charge in [0.15, 0.2) is 0 Å². The Kier molecular flexibility index (Phi) is 7.11. The summed E-state index contributed by atoms with van der Waals surface area (Å²) in [7, 11) is -1.97. The summed E-state index contributed by atoms with van der Waals surface area (Å²) < 4.78 is 38.5. The standard InChI is InChI=1S/C18H22FN3O3S/c1-20-26(24,25)13-16-6-2-5-15(10-16)12-22-18(23)21-9-8-14-4-3-7-17(19)11-14/h2-7,10-11,20H,8-9,12-13H2,1H3,(H2,21,22,23). The molecule has 0 saturated carbocycles. The van der Waals surface area contributed by atoms with Crippen LogP contribution in [0.25, 0.3) is 0 Å². The van der Waals surface area contributed by atoms with Gasteiger partial charge in [-0.1, -0.05) is 36.4 Å². The molecule has 0 aliphatic rings. The van der Waals surface area contributed by atoms with E-state index in [0.29, 0.717) is 18.5 Å². The van der Waals surface area contributed by atoms with Crippen molar-refractivity contribution < 1.29 is 17.6 Å². The predicted octanol–water partition coefficient (Wildman–Crippen LogP) is 1.92. The molecule has 2 aromatic rings. The van der Waals surface area contributed by atoms with Gasteiger partial charge in [-0.25, -0.2) is 22.3 Å². The topological polar surface area (TPSA) is 87.3 Å². The van der Waals surface area contributed by atoms with Crippen LogP contribution in [0.3, 0.4) is 0 Å². The number of sulfonamides is 1. The molecule has 3 N–H and O–H groups in total. The Hall–Kier alpha value is -2.45. The molecule has 0 unspecified atom stereocenters. The number of nitrogens with one attached hydrogen (secondary N) is 3. The minimum absolute atomic E-state index is 0.114. The SMILES string of the molecule is CNS(=O)(=O)Cc1cccc(CNC(=O)NCCc2cccc(F)c2)c1. The van der Waals surface area contributed by atoms with Gasteiger partial charge in [0.05, 0.1) is 5.75 Å². The molecule has 0 aliphatic carbocycles. The minimum Gasteiger partial charge on any atom is -0.338 e. The first kappa shape index (κ1) is 19.9. The summed E-state index contributed by atoms with van der Waals surface area (Å²) in [4.78, 5) is 11.8. The zero-order valence-corrected chi connectivity index (χ0v) is 15.3. The molecule has 0 heterocycles. The maximum absolute atomic E-state index is 13.1. The number of hydrogen-bond acceptors (Lipinski definition) is 3. The van der Waals surface area contributed by atoms with Crippen molar-refractivity contribution in [3.05, 3.63) is 71.0 Å². The molecule has 0 aliphatic heterocycles. The van der Waals surface area contributed by atoms with E-state index in [4.69, 9.17) is 0 Å². The van der Waals surface area contributed by atoms with Crippen molar-refractivity contribution in [3.63, 3.8) is 0 Å². The smallest absolute Gasteiger partial charge is 0.315 e. The molecule has 26 heavy (non-hydrogen) atoms. The van der Waals surface area contributed by atoms with Gasteiger partial charge >= 0.3 is 6.03 Å². The second-order valence-electron chi connectivity index (χ2n) is 5.77. The van der Waals surface area contributed by atoms with Crippen molar-refractivity contribution in [3.8, 4) is 0 Å². The Morgan fingerprint density at radius 1 is 1.00 bits per heavy atom. The van der Waals surface area contributed by atoms with E-state index < -0.39 is 10.0 Å². The third-order valence-electron chi connectivity index (χ3n) is 3.70. The van der Waals surface area contributed by atoms with Crippen molar-refractivity contribution in [2.24, 2.45) is 0 Å². The first-order valence-corrected chi connectivity index (χ1v) is 9.78. The maximum Gasteiger partial charge on any atom is 0.315 e. The van der Waals surface area contributed by atoms with Gasteiger partial charge in [0.25, 0.3) is 0 Å². The summed E-state index contributed by atoms with van der Waals surface area (Å²) in [5, 5.41) is 5.42. The number of halogens is 1. The Morgan fingerprint density at radius 3 is 2.42 bits per heavy atom. The molecule has 8 heteroatoms. The van der Waals surface area contributed by atoms with Crippen molar-refractivity contribution in [1.82, 2.24) is 15.4 Å². The fourth-order valence-corrected chi connectivity index (χ4v) is 3.14. The van der Waals surface area contributed by atoms with Gasteiger partial charge in [-0.05, 0) is 42.3 Å². The summed E-state index contributed by atoms with van der Waals surface area (Å²) in [6.07, 6.45) is 0.530. The van der Waals surface area contributed by atoms with Crippen LogP contribution in [0.4, 0.5) is 9.18 Å². The van der Waals surface area contributed by atoms with E-state index in [1.54, 1.807) is 30.3 Å². The van der Waals surface area contributed by atoms with Crippen LogP contribution in [0.2, 0.25) is 0 Å². The van der Waals surface area contributed by atoms with Crippen molar-refractivity contribution in [2.75, 3.05) is 13.6 Å². The highest BCUT2D eigenvalue weighted by atomic mass is 32.2. The molecule has 2 aromatic carbocycles. The number of urea groups is 1. The molecular weight excluding hydrogens is 357 g/mol. The third-order valence-corrected chi connectivity index (χ3v) is 5.04. The van der Waals surface area contributed by atoms with Crippen LogP contribution in [-0.4, -0.2) is 28.0 Å². The molecule has 0 aromatic heterocycles. The predicted molar refractivity (Wildman–Crippen MR) is 98.5 cm³/mol. The molecule has 0 atom stereocenters. The molecule has 0 spiro atoms. The van der Waals surface area contributed by atoms with Crippen molar-refractivity contribution >= 4 is 16.1 Å². The normalized spacial score (nSPS) is 11.2. The Balaban J connectivity index is 1.78. The van der Waals surface area contributed by atoms with Gasteiger partial charge in [-0.15, -0.1) is 0 Å². The number of amides is 2. The quantitative estimate of drug-likeness (QED) is 0.655. The summed E-state index contributed by atoms with van der Waals surface area (Å²) in [5.74, 6) is -0.413. The first-order valence-electron chi connectivity index (χ1n) is 8.13. The van der Waals surface area contributed by atoms with Crippen LogP contribution in [0.15, 0.2) is 48.5 Å². The van der Waals surface area contributed by atoms with Crippen LogP contribution < -0.4 is 15.4 Å². The summed E-state index contributed by atoms with van der Waals surface area (Å²) in [6.45, 7) is 0.662. The highest BCUT2D eigenvalue weighted by Gasteiger charge is 2.09. The van der Waals surface area contributed by atoms with Crippen molar-refractivity contribution in [2.45, 2.75) is 18.7 Å². The van der Waals surface area contributed by atoms with E-state index in [1.165, 1.54) is 19.2 Å². The number of carbonyl (C=O) groups excluding carboxylic acids is 1. The van der Waals surface area contributed by atoms with Gasteiger partial charge in [0.2, 0.25) is 10.0 Å². The molecule has 0 radical (unpaired) electrons. The zero-order valence-electron chi connectivity index (χ0n) is 14.5. The molecular formula is C18H22FN3O3S. The van der Waals surface area contributed by atoms with E-state index in [0.717, 1.165) is 11.1 Å². The Labute approximate surface area is 152 Å². The number of rotatable bonds is 8. The van der Waals surface area contributed by atoms with Crippen LogP contribution in [-0.2, 0) is 28.7 Å². The molecule has 0 saturated heterocycles. The molecule has 6 nitrogen and oxygen atoms in total. The Morgan fingerprint density at radius 2 is 1.69 bits per heavy atom. The lowest BCUT2D eigenvalue weighted by Gasteiger charge is -2.09. The summed E-state index contributed by atoms with van der Waals surface area (Å²) in [6, 6.07) is 12.9. The van der Waals surface area contributed by atoms with Crippen LogP contribution in [0.5, 0.6) is 0 Å². The first-order chi connectivity index (χ1) is 12.4. The van der Waals surface area contributed by atoms with Gasteiger partial charge in [0, 0.05) is 13.1 Å². The minimum atomic E-state index is -3.34. The van der Waals surface area contributed by atoms with E-state index >= 15 is 0 Å². The lowest BCUT2D eigenvalue weighted by Crippen LogP contribution is -2.36. The second kappa shape index (κ2) is 9.30. The third kappa shape index (κ3) is 6.81. The van der Waals surface area contributed by atoms with E-state index in [2.05, 4.69) is 15.4 Å². The number of carbonyl (C=O) groups is 1. The number of hydrogen-bond donors (Lipinski definition) is 3. The molecule has 0 bridgehead atoms. The molecule has 2 amide bonds. The molecule has 0 fully saturated rings. The van der Waals surface area contributed by atoms with Gasteiger partial charge in [-0.2, -0.15) is 0 Å². The fraction of sp³-hybridized carbons (Fsp3) is 0.278.